The molecule has 1 heterocycles. The van der Waals surface area contributed by atoms with Gasteiger partial charge in [-0.3, -0.25) is 14.4 Å². The topological polar surface area (TPSA) is 200 Å². The maximum atomic E-state index is 13.2. The van der Waals surface area contributed by atoms with Gasteiger partial charge < -0.3 is 36.9 Å². The molecule has 0 fully saturated rings. The Morgan fingerprint density at radius 3 is 2.26 bits per heavy atom. The van der Waals surface area contributed by atoms with Crippen LogP contribution in [0.25, 0.3) is 0 Å². The van der Waals surface area contributed by atoms with Crippen molar-refractivity contribution in [1.82, 2.24) is 25.9 Å². The lowest BCUT2D eigenvalue weighted by atomic mass is 9.96. The average Bonchev–Trinajstić information content (AvgIpc) is 3.35. The van der Waals surface area contributed by atoms with Crippen LogP contribution >= 0.6 is 0 Å². The fraction of sp³-hybridized carbons (Fsp3) is 0.435. The highest BCUT2D eigenvalue weighted by molar-refractivity contribution is 5.94. The Hall–Kier alpha value is -3.93. The summed E-state index contributed by atoms with van der Waals surface area (Å²) >= 11 is 0. The number of aromatic hydroxyl groups is 1. The summed E-state index contributed by atoms with van der Waals surface area (Å²) in [6.45, 7) is 3.26. The van der Waals surface area contributed by atoms with Gasteiger partial charge in [0.15, 0.2) is 0 Å². The maximum Gasteiger partial charge on any atom is 0.326 e. The zero-order valence-electron chi connectivity index (χ0n) is 19.7. The third-order valence-corrected chi connectivity index (χ3v) is 5.60. The van der Waals surface area contributed by atoms with E-state index in [-0.39, 0.29) is 31.1 Å². The molecule has 2 rings (SSSR count). The van der Waals surface area contributed by atoms with Crippen molar-refractivity contribution in [3.05, 3.63) is 48.0 Å². The lowest BCUT2D eigenvalue weighted by Gasteiger charge is -2.27. The number of imidazole rings is 1. The minimum Gasteiger partial charge on any atom is -0.508 e. The maximum absolute atomic E-state index is 13.2. The Balaban J connectivity index is 2.18. The van der Waals surface area contributed by atoms with E-state index in [1.165, 1.54) is 24.7 Å². The van der Waals surface area contributed by atoms with Gasteiger partial charge in [0.25, 0.3) is 0 Å². The van der Waals surface area contributed by atoms with Gasteiger partial charge >= 0.3 is 5.97 Å². The average molecular weight is 489 g/mol. The van der Waals surface area contributed by atoms with Crippen molar-refractivity contribution in [1.29, 1.82) is 0 Å². The number of benzene rings is 1. The molecule has 12 nitrogen and oxygen atoms in total. The van der Waals surface area contributed by atoms with Crippen LogP contribution in [0.5, 0.6) is 5.75 Å². The van der Waals surface area contributed by atoms with Gasteiger partial charge in [-0.1, -0.05) is 32.4 Å². The molecule has 3 amide bonds. The third kappa shape index (κ3) is 8.41. The van der Waals surface area contributed by atoms with E-state index in [4.69, 9.17) is 5.73 Å². The number of aromatic amines is 1. The summed E-state index contributed by atoms with van der Waals surface area (Å²) < 4.78 is 0. The number of carbonyl (C=O) groups is 4. The fourth-order valence-electron chi connectivity index (χ4n) is 3.36. The minimum absolute atomic E-state index is 0.0156. The largest absolute Gasteiger partial charge is 0.508 e. The number of hydrogen-bond donors (Lipinski definition) is 7. The molecule has 0 saturated heterocycles. The zero-order chi connectivity index (χ0) is 26.0. The van der Waals surface area contributed by atoms with Crippen LogP contribution in [0.1, 0.15) is 31.5 Å². The van der Waals surface area contributed by atoms with E-state index in [0.717, 1.165) is 0 Å². The summed E-state index contributed by atoms with van der Waals surface area (Å²) in [6.07, 6.45) is 3.46. The lowest BCUT2D eigenvalue weighted by molar-refractivity contribution is -0.142. The first-order valence-corrected chi connectivity index (χ1v) is 11.2. The fourth-order valence-corrected chi connectivity index (χ4v) is 3.36. The second kappa shape index (κ2) is 13.1. The number of amides is 3. The van der Waals surface area contributed by atoms with Crippen molar-refractivity contribution < 1.29 is 29.4 Å². The van der Waals surface area contributed by atoms with Crippen LogP contribution in [-0.2, 0) is 32.0 Å². The van der Waals surface area contributed by atoms with Crippen molar-refractivity contribution in [2.24, 2.45) is 11.7 Å². The normalized spacial score (nSPS) is 14.3. The van der Waals surface area contributed by atoms with Gasteiger partial charge in [-0.05, 0) is 23.6 Å². The van der Waals surface area contributed by atoms with Crippen molar-refractivity contribution in [3.8, 4) is 5.75 Å². The standard InChI is InChI=1S/C23H32N6O6/c1-3-13(2)20(22(33)28-18(23(34)35)9-15-11-25-12-26-15)29-21(32)17(27-19(31)10-24)8-14-4-6-16(30)7-5-14/h4-7,11-13,17-18,20,30H,3,8-10,24H2,1-2H3,(H,25,26)(H,27,31)(H,28,33)(H,29,32)(H,34,35). The number of carbonyl (C=O) groups excluding carboxylic acids is 3. The number of aromatic nitrogens is 2. The van der Waals surface area contributed by atoms with E-state index in [0.29, 0.717) is 17.7 Å². The summed E-state index contributed by atoms with van der Waals surface area (Å²) in [5.41, 5.74) is 6.58. The number of H-pyrrole nitrogens is 1. The van der Waals surface area contributed by atoms with Crippen LogP contribution in [0.15, 0.2) is 36.8 Å². The molecule has 0 saturated carbocycles. The van der Waals surface area contributed by atoms with Crippen LogP contribution in [-0.4, -0.2) is 68.5 Å². The molecule has 0 spiro atoms. The number of nitrogens with one attached hydrogen (secondary N) is 4. The van der Waals surface area contributed by atoms with Gasteiger partial charge in [-0.15, -0.1) is 0 Å². The summed E-state index contributed by atoms with van der Waals surface area (Å²) in [4.78, 5) is 56.5. The molecule has 1 aromatic heterocycles. The van der Waals surface area contributed by atoms with Gasteiger partial charge in [-0.25, -0.2) is 9.78 Å². The molecule has 2 aromatic rings. The molecule has 0 aliphatic heterocycles. The highest BCUT2D eigenvalue weighted by Crippen LogP contribution is 2.13. The molecule has 4 atom stereocenters. The van der Waals surface area contributed by atoms with Gasteiger partial charge in [0.1, 0.15) is 23.9 Å². The number of carboxylic acid groups (broad SMARTS) is 1. The number of hydrogen-bond acceptors (Lipinski definition) is 7. The molecule has 4 unspecified atom stereocenters. The Bertz CT molecular complexity index is 994. The predicted molar refractivity (Wildman–Crippen MR) is 126 cm³/mol. The zero-order valence-corrected chi connectivity index (χ0v) is 19.7. The first-order valence-electron chi connectivity index (χ1n) is 11.2. The van der Waals surface area contributed by atoms with E-state index < -0.39 is 41.8 Å². The monoisotopic (exact) mass is 488 g/mol. The molecule has 190 valence electrons. The number of rotatable bonds is 13. The number of nitrogens with zero attached hydrogens (tertiary/aromatic N) is 1. The van der Waals surface area contributed by atoms with Gasteiger partial charge in [0.05, 0.1) is 12.9 Å². The number of phenolic OH excluding ortho intramolecular Hbond substituents is 1. The van der Waals surface area contributed by atoms with E-state index in [1.54, 1.807) is 19.1 Å². The van der Waals surface area contributed by atoms with Crippen LogP contribution in [0, 0.1) is 5.92 Å². The summed E-state index contributed by atoms with van der Waals surface area (Å²) in [5, 5.41) is 26.7. The van der Waals surface area contributed by atoms with Crippen LogP contribution in [0.4, 0.5) is 0 Å². The smallest absolute Gasteiger partial charge is 0.326 e. The van der Waals surface area contributed by atoms with E-state index in [9.17, 15) is 29.4 Å². The molecule has 0 bridgehead atoms. The SMILES string of the molecule is CCC(C)C(NC(=O)C(Cc1ccc(O)cc1)NC(=O)CN)C(=O)NC(Cc1cnc[nH]1)C(=O)O. The second-order valence-corrected chi connectivity index (χ2v) is 8.25. The van der Waals surface area contributed by atoms with Crippen molar-refractivity contribution in [2.45, 2.75) is 51.2 Å². The molecule has 35 heavy (non-hydrogen) atoms. The third-order valence-electron chi connectivity index (χ3n) is 5.60. The molecule has 12 heteroatoms. The number of phenols is 1. The number of nitrogens with two attached hydrogens (primary N) is 1. The molecule has 0 aliphatic carbocycles. The summed E-state index contributed by atoms with van der Waals surface area (Å²) in [5.74, 6) is -3.35. The molecule has 0 aliphatic rings. The number of carboxylic acids is 1. The van der Waals surface area contributed by atoms with E-state index in [2.05, 4.69) is 25.9 Å². The second-order valence-electron chi connectivity index (χ2n) is 8.25. The lowest BCUT2D eigenvalue weighted by Crippen LogP contribution is -2.58. The van der Waals surface area contributed by atoms with Gasteiger partial charge in [0.2, 0.25) is 17.7 Å². The quantitative estimate of drug-likeness (QED) is 0.194. The molecular weight excluding hydrogens is 456 g/mol. The summed E-state index contributed by atoms with van der Waals surface area (Å²) in [6, 6.07) is 2.79. The first-order chi connectivity index (χ1) is 16.6. The highest BCUT2D eigenvalue weighted by Gasteiger charge is 2.32. The minimum atomic E-state index is -1.24. The van der Waals surface area contributed by atoms with Crippen molar-refractivity contribution in [2.75, 3.05) is 6.54 Å². The molecule has 8 N–H and O–H groups in total. The van der Waals surface area contributed by atoms with Crippen LogP contribution < -0.4 is 21.7 Å². The Morgan fingerprint density at radius 2 is 1.71 bits per heavy atom. The van der Waals surface area contributed by atoms with Gasteiger partial charge in [0, 0.05) is 24.7 Å². The Morgan fingerprint density at radius 1 is 1.03 bits per heavy atom. The highest BCUT2D eigenvalue weighted by atomic mass is 16.4. The Kier molecular flexibility index (Phi) is 10.2. The van der Waals surface area contributed by atoms with Crippen molar-refractivity contribution in [3.63, 3.8) is 0 Å². The molecule has 1 aromatic carbocycles. The molecule has 0 radical (unpaired) electrons. The summed E-state index contributed by atoms with van der Waals surface area (Å²) in [7, 11) is 0. The van der Waals surface area contributed by atoms with E-state index >= 15 is 0 Å². The number of aliphatic carboxylic acids is 1. The predicted octanol–water partition coefficient (Wildman–Crippen LogP) is -0.556. The van der Waals surface area contributed by atoms with Crippen molar-refractivity contribution >= 4 is 23.7 Å². The Labute approximate surface area is 202 Å². The molecular formula is C23H32N6O6. The van der Waals surface area contributed by atoms with Crippen LogP contribution in [0.3, 0.4) is 0 Å². The first kappa shape index (κ1) is 27.3. The van der Waals surface area contributed by atoms with E-state index in [1.807, 2.05) is 6.92 Å². The van der Waals surface area contributed by atoms with Gasteiger partial charge in [-0.2, -0.15) is 0 Å². The van der Waals surface area contributed by atoms with Crippen LogP contribution in [0.2, 0.25) is 0 Å².